The van der Waals surface area contributed by atoms with Crippen molar-refractivity contribution in [3.05, 3.63) is 0 Å². The lowest BCUT2D eigenvalue weighted by Crippen LogP contribution is -2.57. The van der Waals surface area contributed by atoms with Crippen LogP contribution in [-0.4, -0.2) is 24.7 Å². The van der Waals surface area contributed by atoms with E-state index >= 15 is 0 Å². The van der Waals surface area contributed by atoms with Crippen LogP contribution < -0.4 is 5.32 Å². The van der Waals surface area contributed by atoms with Crippen molar-refractivity contribution in [2.24, 2.45) is 5.92 Å². The Bertz CT molecular complexity index is 261. The Morgan fingerprint density at radius 3 is 2.44 bits per heavy atom. The summed E-state index contributed by atoms with van der Waals surface area (Å²) in [6.07, 6.45) is 8.23. The number of ether oxygens (including phenoxy) is 1. The molecule has 0 spiro atoms. The first-order valence-corrected chi connectivity index (χ1v) is 6.55. The van der Waals surface area contributed by atoms with Crippen LogP contribution in [0.15, 0.2) is 0 Å². The minimum atomic E-state index is -0.385. The zero-order valence-corrected chi connectivity index (χ0v) is 10.4. The Labute approximate surface area is 97.9 Å². The molecule has 0 radical (unpaired) electrons. The molecule has 2 atom stereocenters. The number of rotatable bonds is 3. The summed E-state index contributed by atoms with van der Waals surface area (Å²) in [6, 6.07) is 0.527. The number of esters is 1. The summed E-state index contributed by atoms with van der Waals surface area (Å²) in [7, 11) is 1.51. The van der Waals surface area contributed by atoms with Gasteiger partial charge in [0.15, 0.2) is 0 Å². The number of carbonyl (C=O) groups is 1. The maximum Gasteiger partial charge on any atom is 0.326 e. The molecule has 2 fully saturated rings. The highest BCUT2D eigenvalue weighted by atomic mass is 16.5. The quantitative estimate of drug-likeness (QED) is 0.749. The van der Waals surface area contributed by atoms with E-state index < -0.39 is 0 Å². The highest BCUT2D eigenvalue weighted by Crippen LogP contribution is 2.38. The average Bonchev–Trinajstić information content (AvgIpc) is 2.90. The van der Waals surface area contributed by atoms with Gasteiger partial charge in [-0.05, 0) is 31.6 Å². The molecule has 2 aliphatic carbocycles. The van der Waals surface area contributed by atoms with Gasteiger partial charge < -0.3 is 4.74 Å². The van der Waals surface area contributed by atoms with Crippen LogP contribution in [0.2, 0.25) is 0 Å². The monoisotopic (exact) mass is 225 g/mol. The van der Waals surface area contributed by atoms with Gasteiger partial charge in [0.05, 0.1) is 7.11 Å². The molecule has 0 heterocycles. The van der Waals surface area contributed by atoms with E-state index in [0.717, 1.165) is 19.3 Å². The molecule has 0 aromatic carbocycles. The SMILES string of the molecule is COC(=O)C1(NC2CCCC2)CCCC1C. The molecule has 3 heteroatoms. The van der Waals surface area contributed by atoms with Gasteiger partial charge in [-0.15, -0.1) is 0 Å². The second-order valence-corrected chi connectivity index (χ2v) is 5.38. The van der Waals surface area contributed by atoms with Gasteiger partial charge in [-0.2, -0.15) is 0 Å². The summed E-state index contributed by atoms with van der Waals surface area (Å²) in [6.45, 7) is 2.17. The van der Waals surface area contributed by atoms with E-state index in [0.29, 0.717) is 12.0 Å². The van der Waals surface area contributed by atoms with E-state index in [-0.39, 0.29) is 11.5 Å². The lowest BCUT2D eigenvalue weighted by Gasteiger charge is -2.34. The lowest BCUT2D eigenvalue weighted by molar-refractivity contribution is -0.150. The number of methoxy groups -OCH3 is 1. The first-order chi connectivity index (χ1) is 7.69. The van der Waals surface area contributed by atoms with E-state index in [4.69, 9.17) is 4.74 Å². The van der Waals surface area contributed by atoms with Crippen molar-refractivity contribution in [2.45, 2.75) is 63.5 Å². The molecule has 2 unspecified atom stereocenters. The van der Waals surface area contributed by atoms with E-state index in [9.17, 15) is 4.79 Å². The molecule has 2 saturated carbocycles. The fourth-order valence-electron chi connectivity index (χ4n) is 3.37. The minimum Gasteiger partial charge on any atom is -0.468 e. The third kappa shape index (κ3) is 1.97. The van der Waals surface area contributed by atoms with Crippen molar-refractivity contribution in [3.63, 3.8) is 0 Å². The average molecular weight is 225 g/mol. The maximum absolute atomic E-state index is 12.0. The maximum atomic E-state index is 12.0. The van der Waals surface area contributed by atoms with Crippen LogP contribution in [0.5, 0.6) is 0 Å². The topological polar surface area (TPSA) is 38.3 Å². The van der Waals surface area contributed by atoms with Gasteiger partial charge in [0.1, 0.15) is 5.54 Å². The first kappa shape index (κ1) is 11.9. The Morgan fingerprint density at radius 2 is 1.94 bits per heavy atom. The van der Waals surface area contributed by atoms with Crippen LogP contribution in [0.25, 0.3) is 0 Å². The molecule has 0 aliphatic heterocycles. The van der Waals surface area contributed by atoms with Gasteiger partial charge in [0, 0.05) is 6.04 Å². The Morgan fingerprint density at radius 1 is 1.25 bits per heavy atom. The third-order valence-corrected chi connectivity index (χ3v) is 4.42. The van der Waals surface area contributed by atoms with Crippen molar-refractivity contribution in [2.75, 3.05) is 7.11 Å². The van der Waals surface area contributed by atoms with Crippen molar-refractivity contribution >= 4 is 5.97 Å². The molecule has 3 nitrogen and oxygen atoms in total. The van der Waals surface area contributed by atoms with Gasteiger partial charge in [0.2, 0.25) is 0 Å². The van der Waals surface area contributed by atoms with E-state index in [2.05, 4.69) is 12.2 Å². The zero-order chi connectivity index (χ0) is 11.6. The zero-order valence-electron chi connectivity index (χ0n) is 10.4. The summed E-state index contributed by atoms with van der Waals surface area (Å²) in [5.74, 6) is 0.352. The van der Waals surface area contributed by atoms with Crippen LogP contribution in [-0.2, 0) is 9.53 Å². The fourth-order valence-corrected chi connectivity index (χ4v) is 3.37. The van der Waals surface area contributed by atoms with Crippen molar-refractivity contribution < 1.29 is 9.53 Å². The number of hydrogen-bond acceptors (Lipinski definition) is 3. The highest BCUT2D eigenvalue weighted by Gasteiger charge is 2.48. The minimum absolute atomic E-state index is 0.0515. The van der Waals surface area contributed by atoms with E-state index in [1.165, 1.54) is 32.8 Å². The fraction of sp³-hybridized carbons (Fsp3) is 0.923. The van der Waals surface area contributed by atoms with Crippen LogP contribution in [0.4, 0.5) is 0 Å². The molecule has 0 bridgehead atoms. The van der Waals surface area contributed by atoms with E-state index in [1.54, 1.807) is 0 Å². The van der Waals surface area contributed by atoms with Gasteiger partial charge in [0.25, 0.3) is 0 Å². The largest absolute Gasteiger partial charge is 0.468 e. The molecule has 92 valence electrons. The van der Waals surface area contributed by atoms with Gasteiger partial charge in [-0.3, -0.25) is 10.1 Å². The van der Waals surface area contributed by atoms with Crippen LogP contribution in [0, 0.1) is 5.92 Å². The van der Waals surface area contributed by atoms with Crippen LogP contribution in [0.1, 0.15) is 51.9 Å². The second-order valence-electron chi connectivity index (χ2n) is 5.38. The second kappa shape index (κ2) is 4.74. The lowest BCUT2D eigenvalue weighted by atomic mass is 9.87. The molecule has 0 saturated heterocycles. The third-order valence-electron chi connectivity index (χ3n) is 4.42. The van der Waals surface area contributed by atoms with Crippen LogP contribution in [0.3, 0.4) is 0 Å². The molecule has 2 rings (SSSR count). The Balaban J connectivity index is 2.10. The highest BCUT2D eigenvalue weighted by molar-refractivity contribution is 5.81. The summed E-state index contributed by atoms with van der Waals surface area (Å²) in [4.78, 5) is 12.0. The summed E-state index contributed by atoms with van der Waals surface area (Å²) in [5, 5.41) is 3.62. The smallest absolute Gasteiger partial charge is 0.326 e. The number of nitrogens with one attached hydrogen (secondary N) is 1. The first-order valence-electron chi connectivity index (χ1n) is 6.55. The molecular formula is C13H23NO2. The van der Waals surface area contributed by atoms with E-state index in [1.807, 2.05) is 0 Å². The van der Waals surface area contributed by atoms with Crippen molar-refractivity contribution in [1.29, 1.82) is 0 Å². The van der Waals surface area contributed by atoms with Gasteiger partial charge >= 0.3 is 5.97 Å². The van der Waals surface area contributed by atoms with Crippen molar-refractivity contribution in [1.82, 2.24) is 5.32 Å². The predicted octanol–water partition coefficient (Wildman–Crippen LogP) is 2.25. The summed E-state index contributed by atoms with van der Waals surface area (Å²) < 4.78 is 5.02. The van der Waals surface area contributed by atoms with Gasteiger partial charge in [-0.1, -0.05) is 26.2 Å². The van der Waals surface area contributed by atoms with Crippen molar-refractivity contribution in [3.8, 4) is 0 Å². The van der Waals surface area contributed by atoms with Crippen LogP contribution >= 0.6 is 0 Å². The normalized spacial score (nSPS) is 35.5. The predicted molar refractivity (Wildman–Crippen MR) is 63.2 cm³/mol. The molecule has 16 heavy (non-hydrogen) atoms. The molecule has 2 aliphatic rings. The number of hydrogen-bond donors (Lipinski definition) is 1. The van der Waals surface area contributed by atoms with Gasteiger partial charge in [-0.25, -0.2) is 0 Å². The molecule has 0 amide bonds. The Hall–Kier alpha value is -0.570. The Kier molecular flexibility index (Phi) is 3.53. The molecular weight excluding hydrogens is 202 g/mol. The molecule has 0 aromatic heterocycles. The summed E-state index contributed by atoms with van der Waals surface area (Å²) in [5.41, 5.74) is -0.385. The molecule has 0 aromatic rings. The number of carbonyl (C=O) groups excluding carboxylic acids is 1. The molecule has 1 N–H and O–H groups in total. The summed E-state index contributed by atoms with van der Waals surface area (Å²) >= 11 is 0. The standard InChI is InChI=1S/C13H23NO2/c1-10-6-5-9-13(10,12(15)16-2)14-11-7-3-4-8-11/h10-11,14H,3-9H2,1-2H3.